The van der Waals surface area contributed by atoms with Crippen molar-refractivity contribution < 1.29 is 36.4 Å². The van der Waals surface area contributed by atoms with E-state index in [1.165, 1.54) is 15.8 Å². The summed E-state index contributed by atoms with van der Waals surface area (Å²) in [5.74, 6) is -0.661. The van der Waals surface area contributed by atoms with Crippen molar-refractivity contribution >= 4 is 28.4 Å². The number of rotatable bonds is 6. The molecular weight excluding hydrogens is 424 g/mol. The number of aromatic nitrogens is 2. The van der Waals surface area contributed by atoms with E-state index in [-0.39, 0.29) is 19.6 Å². The lowest BCUT2D eigenvalue weighted by Gasteiger charge is -2.30. The second-order valence-electron chi connectivity index (χ2n) is 7.81. The Labute approximate surface area is 171 Å². The van der Waals surface area contributed by atoms with Crippen molar-refractivity contribution in [2.24, 2.45) is 5.73 Å². The molecule has 2 aliphatic rings. The van der Waals surface area contributed by atoms with Crippen LogP contribution in [0.5, 0.6) is 0 Å². The maximum absolute atomic E-state index is 12.7. The third kappa shape index (κ3) is 4.63. The van der Waals surface area contributed by atoms with Gasteiger partial charge in [0.05, 0.1) is 18.3 Å². The Kier molecular flexibility index (Phi) is 5.38. The van der Waals surface area contributed by atoms with E-state index in [1.807, 2.05) is 0 Å². The average molecular weight is 446 g/mol. The molecule has 3 rings (SSSR count). The quantitative estimate of drug-likeness (QED) is 0.482. The molecule has 1 aromatic heterocycles. The third-order valence-corrected chi connectivity index (χ3v) is 4.64. The normalized spacial score (nSPS) is 20.9. The van der Waals surface area contributed by atoms with E-state index in [9.17, 15) is 22.8 Å². The average Bonchev–Trinajstić information content (AvgIpc) is 3.07. The van der Waals surface area contributed by atoms with Crippen LogP contribution in [0.15, 0.2) is 6.20 Å². The highest BCUT2D eigenvalue weighted by atomic mass is 32.3. The number of carbonyl (C=O) groups is 3. The Balaban J connectivity index is 1.91. The molecule has 0 radical (unpaired) electrons. The van der Waals surface area contributed by atoms with E-state index in [4.69, 9.17) is 15.0 Å². The van der Waals surface area contributed by atoms with Gasteiger partial charge in [0.25, 0.3) is 0 Å². The Morgan fingerprint density at radius 1 is 1.40 bits per heavy atom. The summed E-state index contributed by atoms with van der Waals surface area (Å²) < 4.78 is 42.2. The van der Waals surface area contributed by atoms with Gasteiger partial charge in [0.1, 0.15) is 18.2 Å². The number of hydrogen-bond acceptors (Lipinski definition) is 8. The molecule has 1 aromatic rings. The SMILES string of the molecule is CC(C)(C)OC(=O)NCC1c2nn(CC(N)=O)cc2[C@H]2CN1C(=O)N2OS(=O)(=O)O. The summed E-state index contributed by atoms with van der Waals surface area (Å²) in [5.41, 5.74) is 5.17. The largest absolute Gasteiger partial charge is 0.444 e. The van der Waals surface area contributed by atoms with Gasteiger partial charge in [-0.15, -0.1) is 4.28 Å². The summed E-state index contributed by atoms with van der Waals surface area (Å²) in [4.78, 5) is 37.2. The molecule has 4 amide bonds. The third-order valence-electron chi connectivity index (χ3n) is 4.29. The van der Waals surface area contributed by atoms with Gasteiger partial charge in [-0.2, -0.15) is 18.6 Å². The topological polar surface area (TPSA) is 186 Å². The van der Waals surface area contributed by atoms with Crippen LogP contribution in [-0.4, -0.2) is 69.4 Å². The first-order chi connectivity index (χ1) is 13.7. The molecule has 2 aliphatic heterocycles. The van der Waals surface area contributed by atoms with Gasteiger partial charge in [-0.3, -0.25) is 14.0 Å². The fourth-order valence-corrected chi connectivity index (χ4v) is 3.70. The molecule has 4 N–H and O–H groups in total. The van der Waals surface area contributed by atoms with E-state index in [1.54, 1.807) is 20.8 Å². The van der Waals surface area contributed by atoms with Crippen LogP contribution in [-0.2, 0) is 30.8 Å². The predicted molar refractivity (Wildman–Crippen MR) is 97.7 cm³/mol. The number of nitrogens with zero attached hydrogens (tertiary/aromatic N) is 4. The van der Waals surface area contributed by atoms with E-state index >= 15 is 0 Å². The number of primary amides is 1. The summed E-state index contributed by atoms with van der Waals surface area (Å²) >= 11 is 0. The van der Waals surface area contributed by atoms with Gasteiger partial charge >= 0.3 is 22.5 Å². The van der Waals surface area contributed by atoms with Crippen LogP contribution in [0, 0.1) is 0 Å². The zero-order chi connectivity index (χ0) is 22.4. The second-order valence-corrected chi connectivity index (χ2v) is 8.82. The fourth-order valence-electron chi connectivity index (χ4n) is 3.33. The van der Waals surface area contributed by atoms with Crippen molar-refractivity contribution in [2.45, 2.75) is 45.0 Å². The first-order valence-electron chi connectivity index (χ1n) is 8.84. The number of hydroxylamine groups is 2. The minimum atomic E-state index is -4.97. The van der Waals surface area contributed by atoms with E-state index < -0.39 is 46.1 Å². The number of hydrogen-bond donors (Lipinski definition) is 3. The molecule has 1 unspecified atom stereocenters. The second kappa shape index (κ2) is 7.41. The van der Waals surface area contributed by atoms with Crippen LogP contribution in [0.25, 0.3) is 0 Å². The molecule has 0 aliphatic carbocycles. The van der Waals surface area contributed by atoms with E-state index in [0.29, 0.717) is 16.3 Å². The summed E-state index contributed by atoms with van der Waals surface area (Å²) in [7, 11) is -4.97. The molecule has 3 heterocycles. The number of ether oxygens (including phenoxy) is 1. The minimum absolute atomic E-state index is 0.00425. The molecule has 166 valence electrons. The maximum atomic E-state index is 12.7. The fraction of sp³-hybridized carbons (Fsp3) is 0.600. The molecular formula is C15H22N6O8S. The number of amides is 4. The number of alkyl carbamates (subject to hydrolysis) is 1. The number of urea groups is 1. The first-order valence-corrected chi connectivity index (χ1v) is 10.2. The molecule has 0 saturated carbocycles. The number of fused-ring (bicyclic) bond motifs is 4. The summed E-state index contributed by atoms with van der Waals surface area (Å²) in [5, 5.41) is 7.32. The van der Waals surface area contributed by atoms with Gasteiger partial charge in [-0.1, -0.05) is 0 Å². The van der Waals surface area contributed by atoms with Crippen molar-refractivity contribution in [3.63, 3.8) is 0 Å². The highest BCUT2D eigenvalue weighted by Crippen LogP contribution is 2.43. The van der Waals surface area contributed by atoms with Crippen LogP contribution in [0.4, 0.5) is 9.59 Å². The highest BCUT2D eigenvalue weighted by Gasteiger charge is 2.51. The van der Waals surface area contributed by atoms with Crippen molar-refractivity contribution in [3.05, 3.63) is 17.5 Å². The summed E-state index contributed by atoms with van der Waals surface area (Å²) in [6, 6.07) is -2.55. The van der Waals surface area contributed by atoms with Gasteiger partial charge in [-0.05, 0) is 20.8 Å². The first kappa shape index (κ1) is 21.8. The van der Waals surface area contributed by atoms with Crippen molar-refractivity contribution in [2.75, 3.05) is 13.1 Å². The summed E-state index contributed by atoms with van der Waals surface area (Å²) in [6.45, 7) is 4.72. The molecule has 0 aromatic carbocycles. The van der Waals surface area contributed by atoms with Gasteiger partial charge < -0.3 is 20.7 Å². The molecule has 15 heteroatoms. The highest BCUT2D eigenvalue weighted by molar-refractivity contribution is 7.80. The Morgan fingerprint density at radius 3 is 2.63 bits per heavy atom. The van der Waals surface area contributed by atoms with Crippen LogP contribution in [0.1, 0.15) is 44.1 Å². The van der Waals surface area contributed by atoms with Gasteiger partial charge in [0.2, 0.25) is 5.91 Å². The van der Waals surface area contributed by atoms with Crippen molar-refractivity contribution in [1.29, 1.82) is 0 Å². The van der Waals surface area contributed by atoms with E-state index in [2.05, 4.69) is 14.7 Å². The lowest BCUT2D eigenvalue weighted by Crippen LogP contribution is -2.42. The Morgan fingerprint density at radius 2 is 2.07 bits per heavy atom. The Hall–Kier alpha value is -2.91. The lowest BCUT2D eigenvalue weighted by atomic mass is 9.98. The summed E-state index contributed by atoms with van der Waals surface area (Å²) in [6.07, 6.45) is 0.710. The lowest BCUT2D eigenvalue weighted by molar-refractivity contribution is -0.118. The molecule has 0 spiro atoms. The van der Waals surface area contributed by atoms with Gasteiger partial charge in [-0.25, -0.2) is 9.59 Å². The smallest absolute Gasteiger partial charge is 0.418 e. The van der Waals surface area contributed by atoms with Crippen LogP contribution in [0.2, 0.25) is 0 Å². The van der Waals surface area contributed by atoms with Crippen LogP contribution >= 0.6 is 0 Å². The molecule has 2 atom stereocenters. The van der Waals surface area contributed by atoms with Gasteiger partial charge in [0.15, 0.2) is 0 Å². The zero-order valence-corrected chi connectivity index (χ0v) is 17.2. The minimum Gasteiger partial charge on any atom is -0.444 e. The monoisotopic (exact) mass is 446 g/mol. The van der Waals surface area contributed by atoms with Crippen molar-refractivity contribution in [3.8, 4) is 0 Å². The predicted octanol–water partition coefficient (Wildman–Crippen LogP) is -0.539. The Bertz CT molecular complexity index is 984. The molecule has 1 fully saturated rings. The van der Waals surface area contributed by atoms with Crippen LogP contribution < -0.4 is 11.1 Å². The van der Waals surface area contributed by atoms with Crippen molar-refractivity contribution in [1.82, 2.24) is 25.1 Å². The maximum Gasteiger partial charge on any atom is 0.418 e. The number of carbonyl (C=O) groups excluding carboxylic acids is 3. The van der Waals surface area contributed by atoms with Gasteiger partial charge in [0, 0.05) is 18.3 Å². The molecule has 1 saturated heterocycles. The standard InChI is InChI=1S/C15H22N6O8S/c1-15(2,3)28-13(23)17-4-9-12-8(5-19(18-12)7-11(16)22)10-6-20(9)14(24)21(10)29-30(25,26)27/h5,9-10H,4,6-7H2,1-3H3,(H2,16,22)(H,17,23)(H,25,26,27)/t9?,10-/m1/s1. The number of nitrogens with two attached hydrogens (primary N) is 1. The zero-order valence-electron chi connectivity index (χ0n) is 16.4. The number of nitrogens with one attached hydrogen (secondary N) is 1. The van der Waals surface area contributed by atoms with E-state index in [0.717, 1.165) is 0 Å². The molecule has 14 nitrogen and oxygen atoms in total. The molecule has 30 heavy (non-hydrogen) atoms. The van der Waals surface area contributed by atoms with Crippen LogP contribution in [0.3, 0.4) is 0 Å². The molecule has 2 bridgehead atoms.